The second kappa shape index (κ2) is 5.13. The molecular weight excluding hydrogens is 252 g/mol. The average Bonchev–Trinajstić information content (AvgIpc) is 2.85. The number of imidazole rings is 1. The highest BCUT2D eigenvalue weighted by atomic mass is 16.1. The molecule has 1 amide bonds. The molecule has 2 aromatic heterocycles. The van der Waals surface area contributed by atoms with Gasteiger partial charge in [-0.1, -0.05) is 6.07 Å². The van der Waals surface area contributed by atoms with E-state index in [0.717, 1.165) is 16.7 Å². The van der Waals surface area contributed by atoms with Crippen molar-refractivity contribution in [3.8, 4) is 0 Å². The minimum Gasteiger partial charge on any atom is -0.346 e. The number of aromatic amines is 1. The molecule has 2 radical (unpaired) electrons. The molecular formula is C15H12N4O. The number of rotatable bonds is 3. The van der Waals surface area contributed by atoms with E-state index < -0.39 is 0 Å². The number of hydrogen-bond donors (Lipinski definition) is 2. The summed E-state index contributed by atoms with van der Waals surface area (Å²) in [6, 6.07) is 10.8. The number of carbonyl (C=O) groups is 1. The van der Waals surface area contributed by atoms with E-state index in [9.17, 15) is 4.79 Å². The van der Waals surface area contributed by atoms with Gasteiger partial charge in [-0.2, -0.15) is 0 Å². The molecule has 2 N–H and O–H groups in total. The fraction of sp³-hybridized carbons (Fsp3) is 0.0667. The van der Waals surface area contributed by atoms with Gasteiger partial charge in [0.25, 0.3) is 5.91 Å². The molecule has 3 rings (SSSR count). The summed E-state index contributed by atoms with van der Waals surface area (Å²) < 4.78 is 0. The van der Waals surface area contributed by atoms with Gasteiger partial charge in [-0.3, -0.25) is 9.78 Å². The maximum absolute atomic E-state index is 12.1. The van der Waals surface area contributed by atoms with Crippen molar-refractivity contribution < 1.29 is 4.79 Å². The van der Waals surface area contributed by atoms with Gasteiger partial charge in [0.1, 0.15) is 5.82 Å². The molecule has 5 nitrogen and oxygen atoms in total. The van der Waals surface area contributed by atoms with Gasteiger partial charge in [-0.25, -0.2) is 4.98 Å². The number of nitrogens with zero attached hydrogens (tertiary/aromatic N) is 2. The Balaban J connectivity index is 1.75. The number of carbonyl (C=O) groups excluding carboxylic acids is 1. The zero-order chi connectivity index (χ0) is 13.9. The first-order chi connectivity index (χ1) is 9.72. The predicted octanol–water partition coefficient (Wildman–Crippen LogP) is 1.95. The molecule has 0 saturated heterocycles. The fourth-order valence-corrected chi connectivity index (χ4v) is 1.95. The largest absolute Gasteiger partial charge is 0.346 e. The summed E-state index contributed by atoms with van der Waals surface area (Å²) in [4.78, 5) is 23.2. The standard InChI is InChI=1S/C15H12N4O/c1-10-18-13-6-5-11(8-14(13)19-10)15(20)17-9-12-4-2-3-7-16-12/h1-8H,9H2,(H,17,20)(H,18,19). The number of H-pyrrole nitrogens is 1. The predicted molar refractivity (Wildman–Crippen MR) is 74.9 cm³/mol. The average molecular weight is 264 g/mol. The Morgan fingerprint density at radius 3 is 3.00 bits per heavy atom. The molecule has 2 heterocycles. The smallest absolute Gasteiger partial charge is 0.251 e. The van der Waals surface area contributed by atoms with Gasteiger partial charge in [0.15, 0.2) is 0 Å². The minimum absolute atomic E-state index is 0.161. The summed E-state index contributed by atoms with van der Waals surface area (Å²) in [7, 11) is 0. The van der Waals surface area contributed by atoms with Crippen LogP contribution in [0.3, 0.4) is 0 Å². The zero-order valence-corrected chi connectivity index (χ0v) is 10.6. The van der Waals surface area contributed by atoms with Crippen LogP contribution in [0.25, 0.3) is 11.0 Å². The highest BCUT2D eigenvalue weighted by Crippen LogP contribution is 2.13. The normalized spacial score (nSPS) is 10.7. The number of benzene rings is 1. The van der Waals surface area contributed by atoms with Crippen LogP contribution in [0.5, 0.6) is 0 Å². The van der Waals surface area contributed by atoms with E-state index in [2.05, 4.69) is 20.3 Å². The minimum atomic E-state index is -0.161. The molecule has 0 aliphatic rings. The van der Waals surface area contributed by atoms with Crippen LogP contribution in [0.4, 0.5) is 0 Å². The van der Waals surface area contributed by atoms with E-state index in [1.54, 1.807) is 24.4 Å². The molecule has 0 aliphatic carbocycles. The summed E-state index contributed by atoms with van der Waals surface area (Å²) in [5.41, 5.74) is 2.85. The van der Waals surface area contributed by atoms with E-state index in [0.29, 0.717) is 17.9 Å². The van der Waals surface area contributed by atoms with Crippen molar-refractivity contribution in [2.45, 2.75) is 6.54 Å². The fourth-order valence-electron chi connectivity index (χ4n) is 1.95. The van der Waals surface area contributed by atoms with Gasteiger partial charge in [-0.15, -0.1) is 0 Å². The number of nitrogens with one attached hydrogen (secondary N) is 2. The summed E-state index contributed by atoms with van der Waals surface area (Å²) in [5, 5.41) is 2.82. The molecule has 3 aromatic rings. The molecule has 0 spiro atoms. The van der Waals surface area contributed by atoms with Gasteiger partial charge in [0, 0.05) is 18.7 Å². The van der Waals surface area contributed by atoms with Crippen molar-refractivity contribution in [3.05, 3.63) is 66.6 Å². The molecule has 0 unspecified atom stereocenters. The molecule has 0 saturated carbocycles. The summed E-state index contributed by atoms with van der Waals surface area (Å²) in [6.45, 7) is 5.97. The van der Waals surface area contributed by atoms with Crippen LogP contribution in [0.15, 0.2) is 42.6 Å². The van der Waals surface area contributed by atoms with Gasteiger partial charge >= 0.3 is 0 Å². The Kier molecular flexibility index (Phi) is 3.16. The summed E-state index contributed by atoms with van der Waals surface area (Å²) in [5.74, 6) is 0.178. The Bertz CT molecular complexity index is 749. The number of hydrogen-bond acceptors (Lipinski definition) is 3. The molecule has 98 valence electrons. The Morgan fingerprint density at radius 1 is 1.30 bits per heavy atom. The monoisotopic (exact) mass is 264 g/mol. The molecule has 1 aromatic carbocycles. The van der Waals surface area contributed by atoms with Gasteiger partial charge in [0.2, 0.25) is 0 Å². The van der Waals surface area contributed by atoms with Crippen molar-refractivity contribution in [2.75, 3.05) is 0 Å². The van der Waals surface area contributed by atoms with Gasteiger partial charge in [-0.05, 0) is 30.3 Å². The highest BCUT2D eigenvalue weighted by molar-refractivity contribution is 5.97. The topological polar surface area (TPSA) is 70.7 Å². The van der Waals surface area contributed by atoms with Crippen molar-refractivity contribution >= 4 is 16.9 Å². The zero-order valence-electron chi connectivity index (χ0n) is 10.6. The van der Waals surface area contributed by atoms with E-state index in [1.165, 1.54) is 0 Å². The third-order valence-corrected chi connectivity index (χ3v) is 2.92. The van der Waals surface area contributed by atoms with E-state index in [4.69, 9.17) is 6.92 Å². The lowest BCUT2D eigenvalue weighted by molar-refractivity contribution is 0.0950. The van der Waals surface area contributed by atoms with Gasteiger partial charge in [0.05, 0.1) is 23.3 Å². The Morgan fingerprint density at radius 2 is 2.20 bits per heavy atom. The highest BCUT2D eigenvalue weighted by Gasteiger charge is 2.08. The van der Waals surface area contributed by atoms with Crippen LogP contribution in [0.2, 0.25) is 0 Å². The number of pyridine rings is 1. The maximum Gasteiger partial charge on any atom is 0.251 e. The lowest BCUT2D eigenvalue weighted by Crippen LogP contribution is -2.23. The third-order valence-electron chi connectivity index (χ3n) is 2.92. The summed E-state index contributed by atoms with van der Waals surface area (Å²) >= 11 is 0. The Labute approximate surface area is 116 Å². The maximum atomic E-state index is 12.1. The first-order valence-corrected chi connectivity index (χ1v) is 6.16. The van der Waals surface area contributed by atoms with Crippen LogP contribution >= 0.6 is 0 Å². The van der Waals surface area contributed by atoms with Crippen molar-refractivity contribution in [2.24, 2.45) is 0 Å². The molecule has 0 aliphatic heterocycles. The van der Waals surface area contributed by atoms with Crippen LogP contribution in [-0.4, -0.2) is 20.9 Å². The van der Waals surface area contributed by atoms with E-state index in [1.807, 2.05) is 18.2 Å². The number of amides is 1. The molecule has 0 atom stereocenters. The molecule has 0 fully saturated rings. The summed E-state index contributed by atoms with van der Waals surface area (Å²) in [6.07, 6.45) is 1.70. The number of fused-ring (bicyclic) bond motifs is 1. The lowest BCUT2D eigenvalue weighted by Gasteiger charge is -2.04. The van der Waals surface area contributed by atoms with Crippen molar-refractivity contribution in [1.82, 2.24) is 20.3 Å². The van der Waals surface area contributed by atoms with Crippen LogP contribution < -0.4 is 5.32 Å². The first kappa shape index (κ1) is 12.3. The molecule has 20 heavy (non-hydrogen) atoms. The van der Waals surface area contributed by atoms with E-state index >= 15 is 0 Å². The molecule has 5 heteroatoms. The van der Waals surface area contributed by atoms with Crippen LogP contribution in [-0.2, 0) is 6.54 Å². The van der Waals surface area contributed by atoms with Crippen molar-refractivity contribution in [3.63, 3.8) is 0 Å². The van der Waals surface area contributed by atoms with Crippen LogP contribution in [0, 0.1) is 6.92 Å². The third kappa shape index (κ3) is 2.51. The van der Waals surface area contributed by atoms with Gasteiger partial charge < -0.3 is 10.3 Å². The van der Waals surface area contributed by atoms with Crippen molar-refractivity contribution in [1.29, 1.82) is 0 Å². The molecule has 0 bridgehead atoms. The second-order valence-electron chi connectivity index (χ2n) is 4.36. The number of aromatic nitrogens is 3. The quantitative estimate of drug-likeness (QED) is 0.759. The van der Waals surface area contributed by atoms with Crippen LogP contribution in [0.1, 0.15) is 21.9 Å². The van der Waals surface area contributed by atoms with E-state index in [-0.39, 0.29) is 5.91 Å². The Hall–Kier alpha value is -2.69. The second-order valence-corrected chi connectivity index (χ2v) is 4.36. The SMILES string of the molecule is [CH]c1nc2ccc(C(=O)NCc3ccccn3)cc2[nH]1. The first-order valence-electron chi connectivity index (χ1n) is 6.16. The lowest BCUT2D eigenvalue weighted by atomic mass is 10.2.